The Morgan fingerprint density at radius 3 is 2.44 bits per heavy atom. The van der Waals surface area contributed by atoms with Crippen LogP contribution in [0.5, 0.6) is 0 Å². The van der Waals surface area contributed by atoms with Crippen molar-refractivity contribution in [1.82, 2.24) is 5.01 Å². The third-order valence-corrected chi connectivity index (χ3v) is 4.35. The Morgan fingerprint density at radius 2 is 1.88 bits per heavy atom. The van der Waals surface area contributed by atoms with Crippen LogP contribution in [0.25, 0.3) is 0 Å². The molecule has 0 radical (unpaired) electrons. The number of nitro benzene ring substituents is 1. The molecule has 0 spiro atoms. The van der Waals surface area contributed by atoms with Crippen LogP contribution in [-0.2, 0) is 0 Å². The van der Waals surface area contributed by atoms with Crippen LogP contribution in [0.15, 0.2) is 24.3 Å². The number of rotatable bonds is 3. The molecule has 1 fully saturated rings. The van der Waals surface area contributed by atoms with E-state index in [0.717, 1.165) is 22.5 Å². The summed E-state index contributed by atoms with van der Waals surface area (Å²) in [5.41, 5.74) is 4.22. The monoisotopic (exact) mass is 257 g/mol. The van der Waals surface area contributed by atoms with Gasteiger partial charge in [-0.3, -0.25) is 10.1 Å². The van der Waals surface area contributed by atoms with Gasteiger partial charge < -0.3 is 5.43 Å². The molecule has 1 aliphatic rings. The van der Waals surface area contributed by atoms with Crippen molar-refractivity contribution in [2.45, 2.75) is 0 Å². The van der Waals surface area contributed by atoms with Crippen LogP contribution in [0.3, 0.4) is 0 Å². The van der Waals surface area contributed by atoms with Crippen LogP contribution in [-0.4, -0.2) is 26.8 Å². The van der Waals surface area contributed by atoms with E-state index in [1.165, 1.54) is 12.1 Å². The number of anilines is 1. The predicted molar refractivity (Wildman–Crippen MR) is 68.3 cm³/mol. The molecular weight excluding hydrogens is 246 g/mol. The molecule has 7 heteroatoms. The topological polar surface area (TPSA) is 58.4 Å². The number of non-ortho nitro benzene ring substituents is 1. The lowest BCUT2D eigenvalue weighted by molar-refractivity contribution is -0.384. The normalized spacial score (nSPS) is 17.0. The van der Waals surface area contributed by atoms with Gasteiger partial charge in [0.15, 0.2) is 0 Å². The summed E-state index contributed by atoms with van der Waals surface area (Å²) in [5.74, 6) is 1.87. The molecule has 0 aliphatic carbocycles. The van der Waals surface area contributed by atoms with Gasteiger partial charge in [0, 0.05) is 22.9 Å². The maximum Gasteiger partial charge on any atom is 0.269 e. The maximum atomic E-state index is 10.5. The summed E-state index contributed by atoms with van der Waals surface area (Å²) < 4.78 is 0. The number of hydrogen-bond acceptors (Lipinski definition) is 6. The van der Waals surface area contributed by atoms with Crippen molar-refractivity contribution in [1.29, 1.82) is 0 Å². The molecule has 0 amide bonds. The number of nitrogens with one attached hydrogen (secondary N) is 1. The molecule has 0 unspecified atom stereocenters. The maximum absolute atomic E-state index is 10.5. The highest BCUT2D eigenvalue weighted by Gasteiger charge is 2.11. The number of hydrazine groups is 1. The second-order valence-electron chi connectivity index (χ2n) is 3.24. The van der Waals surface area contributed by atoms with Gasteiger partial charge in [0.05, 0.1) is 16.7 Å². The van der Waals surface area contributed by atoms with E-state index >= 15 is 0 Å². The fourth-order valence-corrected chi connectivity index (χ4v) is 3.23. The number of nitrogens with zero attached hydrogens (tertiary/aromatic N) is 2. The van der Waals surface area contributed by atoms with Gasteiger partial charge in [-0.05, 0) is 12.1 Å². The lowest BCUT2D eigenvalue weighted by atomic mass is 10.3. The Hall–Kier alpha value is -0.920. The molecule has 1 heterocycles. The van der Waals surface area contributed by atoms with E-state index in [1.54, 1.807) is 12.1 Å². The molecule has 0 atom stereocenters. The van der Waals surface area contributed by atoms with Gasteiger partial charge in [-0.2, -0.15) is 0 Å². The molecular formula is C9H11N3O2S2. The van der Waals surface area contributed by atoms with Crippen LogP contribution >= 0.6 is 23.5 Å². The first kappa shape index (κ1) is 11.6. The zero-order valence-electron chi connectivity index (χ0n) is 8.46. The van der Waals surface area contributed by atoms with Crippen LogP contribution in [0.2, 0.25) is 0 Å². The first-order chi connectivity index (χ1) is 7.75. The quantitative estimate of drug-likeness (QED) is 0.663. The second kappa shape index (κ2) is 5.42. The van der Waals surface area contributed by atoms with Gasteiger partial charge in [0.25, 0.3) is 5.69 Å². The molecule has 0 bridgehead atoms. The Morgan fingerprint density at radius 1 is 1.25 bits per heavy atom. The highest BCUT2D eigenvalue weighted by Crippen LogP contribution is 2.23. The SMILES string of the molecule is O=[N+]([O-])c1ccc(NN2CSCSC2)cc1. The van der Waals surface area contributed by atoms with Gasteiger partial charge in [-0.15, -0.1) is 23.5 Å². The smallest absolute Gasteiger partial charge is 0.269 e. The van der Waals surface area contributed by atoms with Crippen molar-refractivity contribution < 1.29 is 4.92 Å². The Labute approximate surface area is 102 Å². The van der Waals surface area contributed by atoms with E-state index in [-0.39, 0.29) is 5.69 Å². The van der Waals surface area contributed by atoms with Crippen LogP contribution in [0.1, 0.15) is 0 Å². The molecule has 2 rings (SSSR count). The standard InChI is InChI=1S/C9H11N3O2S2/c13-12(14)9-3-1-8(2-4-9)10-11-5-15-7-16-6-11/h1-4,10H,5-7H2. The minimum absolute atomic E-state index is 0.118. The minimum atomic E-state index is -0.392. The highest BCUT2D eigenvalue weighted by molar-refractivity contribution is 8.16. The summed E-state index contributed by atoms with van der Waals surface area (Å²) in [7, 11) is 0. The summed E-state index contributed by atoms with van der Waals surface area (Å²) in [4.78, 5) is 10.1. The molecule has 1 aliphatic heterocycles. The first-order valence-electron chi connectivity index (χ1n) is 4.67. The first-order valence-corrected chi connectivity index (χ1v) is 6.98. The summed E-state index contributed by atoms with van der Waals surface area (Å²) in [5, 5.41) is 13.7. The van der Waals surface area contributed by atoms with E-state index in [9.17, 15) is 10.1 Å². The van der Waals surface area contributed by atoms with Gasteiger partial charge in [0.1, 0.15) is 0 Å². The van der Waals surface area contributed by atoms with Crippen molar-refractivity contribution in [2.75, 3.05) is 22.3 Å². The van der Waals surface area contributed by atoms with Gasteiger partial charge in [0.2, 0.25) is 0 Å². The zero-order valence-corrected chi connectivity index (χ0v) is 10.1. The van der Waals surface area contributed by atoms with Crippen LogP contribution in [0, 0.1) is 10.1 Å². The van der Waals surface area contributed by atoms with Gasteiger partial charge >= 0.3 is 0 Å². The van der Waals surface area contributed by atoms with Crippen molar-refractivity contribution in [2.24, 2.45) is 0 Å². The molecule has 0 aromatic heterocycles. The third-order valence-electron chi connectivity index (χ3n) is 2.03. The molecule has 86 valence electrons. The Balaban J connectivity index is 1.96. The Kier molecular flexibility index (Phi) is 3.92. The molecule has 1 aromatic carbocycles. The minimum Gasteiger partial charge on any atom is -0.317 e. The third kappa shape index (κ3) is 3.03. The van der Waals surface area contributed by atoms with Gasteiger partial charge in [-0.1, -0.05) is 0 Å². The number of thioether (sulfide) groups is 2. The molecule has 16 heavy (non-hydrogen) atoms. The lowest BCUT2D eigenvalue weighted by Crippen LogP contribution is -2.31. The summed E-state index contributed by atoms with van der Waals surface area (Å²) in [6.07, 6.45) is 0. The van der Waals surface area contributed by atoms with Crippen molar-refractivity contribution in [3.63, 3.8) is 0 Å². The van der Waals surface area contributed by atoms with E-state index in [0.29, 0.717) is 0 Å². The van der Waals surface area contributed by atoms with Crippen LogP contribution < -0.4 is 5.43 Å². The van der Waals surface area contributed by atoms with Gasteiger partial charge in [-0.25, -0.2) is 5.01 Å². The van der Waals surface area contributed by atoms with Crippen molar-refractivity contribution in [3.8, 4) is 0 Å². The average Bonchev–Trinajstić information content (AvgIpc) is 2.31. The summed E-state index contributed by atoms with van der Waals surface area (Å²) >= 11 is 3.70. The van der Waals surface area contributed by atoms with Crippen molar-refractivity contribution >= 4 is 34.9 Å². The molecule has 0 saturated carbocycles. The summed E-state index contributed by atoms with van der Waals surface area (Å²) in [6.45, 7) is 0. The fourth-order valence-electron chi connectivity index (χ4n) is 1.30. The predicted octanol–water partition coefficient (Wildman–Crippen LogP) is 2.58. The number of hydrogen-bond donors (Lipinski definition) is 1. The number of nitro groups is 1. The average molecular weight is 257 g/mol. The van der Waals surface area contributed by atoms with E-state index in [4.69, 9.17) is 0 Å². The van der Waals surface area contributed by atoms with E-state index < -0.39 is 4.92 Å². The second-order valence-corrected chi connectivity index (χ2v) is 5.52. The summed E-state index contributed by atoms with van der Waals surface area (Å²) in [6, 6.07) is 6.46. The number of benzene rings is 1. The zero-order chi connectivity index (χ0) is 11.4. The molecule has 5 nitrogen and oxygen atoms in total. The molecule has 1 aromatic rings. The van der Waals surface area contributed by atoms with Crippen LogP contribution in [0.4, 0.5) is 11.4 Å². The largest absolute Gasteiger partial charge is 0.317 e. The van der Waals surface area contributed by atoms with Crippen molar-refractivity contribution in [3.05, 3.63) is 34.4 Å². The van der Waals surface area contributed by atoms with E-state index in [1.807, 2.05) is 23.5 Å². The lowest BCUT2D eigenvalue weighted by Gasteiger charge is -2.26. The Bertz CT molecular complexity index is 366. The fraction of sp³-hybridized carbons (Fsp3) is 0.333. The van der Waals surface area contributed by atoms with E-state index in [2.05, 4.69) is 10.4 Å². The molecule has 1 saturated heterocycles. The molecule has 1 N–H and O–H groups in total. The highest BCUT2D eigenvalue weighted by atomic mass is 32.2.